The van der Waals surface area contributed by atoms with Gasteiger partial charge in [0, 0.05) is 19.3 Å². The Hall–Kier alpha value is -2.37. The normalized spacial score (nSPS) is 12.2. The number of rotatable bonds is 57. The molecule has 0 saturated carbocycles. The van der Waals surface area contributed by atoms with E-state index in [1.165, 1.54) is 231 Å². The first-order chi connectivity index (χ1) is 34.5. The predicted octanol–water partition coefficient (Wildman–Crippen LogP) is 20.8. The molecule has 0 aromatic rings. The van der Waals surface area contributed by atoms with E-state index < -0.39 is 6.10 Å². The summed E-state index contributed by atoms with van der Waals surface area (Å²) < 4.78 is 16.8. The molecule has 0 aliphatic carbocycles. The molecular formula is C64H118O6. The molecule has 1 unspecified atom stereocenters. The maximum absolute atomic E-state index is 12.8. The molecular weight excluding hydrogens is 865 g/mol. The van der Waals surface area contributed by atoms with Crippen LogP contribution in [0.1, 0.15) is 335 Å². The van der Waals surface area contributed by atoms with Gasteiger partial charge >= 0.3 is 17.9 Å². The molecule has 0 radical (unpaired) electrons. The fourth-order valence-corrected chi connectivity index (χ4v) is 9.18. The molecule has 70 heavy (non-hydrogen) atoms. The van der Waals surface area contributed by atoms with Gasteiger partial charge in [0.25, 0.3) is 0 Å². The number of hydrogen-bond donors (Lipinski definition) is 0. The van der Waals surface area contributed by atoms with E-state index in [2.05, 4.69) is 57.2 Å². The Morgan fingerprint density at radius 2 is 0.514 bits per heavy atom. The van der Waals surface area contributed by atoms with Crippen LogP contribution in [0.2, 0.25) is 0 Å². The SMILES string of the molecule is CCCCCCC/C=C\C/C=C\CCCCCCCCCCCC(=O)OC(COC(=O)CCCCCCCC)COC(=O)CCCCCCCCCCCCCCC/C=C\CCCCCCCCCC. The van der Waals surface area contributed by atoms with Crippen molar-refractivity contribution in [3.8, 4) is 0 Å². The van der Waals surface area contributed by atoms with Crippen molar-refractivity contribution in [2.45, 2.75) is 341 Å². The fourth-order valence-electron chi connectivity index (χ4n) is 9.18. The number of allylic oxidation sites excluding steroid dienone is 6. The predicted molar refractivity (Wildman–Crippen MR) is 302 cm³/mol. The first-order valence-corrected chi connectivity index (χ1v) is 31.0. The summed E-state index contributed by atoms with van der Waals surface area (Å²) in [4.78, 5) is 38.0. The van der Waals surface area contributed by atoms with E-state index in [1.807, 2.05) is 0 Å². The van der Waals surface area contributed by atoms with E-state index >= 15 is 0 Å². The molecule has 0 saturated heterocycles. The van der Waals surface area contributed by atoms with Crippen molar-refractivity contribution in [1.29, 1.82) is 0 Å². The van der Waals surface area contributed by atoms with Gasteiger partial charge in [0.2, 0.25) is 0 Å². The van der Waals surface area contributed by atoms with Gasteiger partial charge in [-0.2, -0.15) is 0 Å². The third-order valence-corrected chi connectivity index (χ3v) is 13.9. The largest absolute Gasteiger partial charge is 0.462 e. The van der Waals surface area contributed by atoms with Crippen LogP contribution in [-0.2, 0) is 28.6 Å². The van der Waals surface area contributed by atoms with Crippen molar-refractivity contribution in [1.82, 2.24) is 0 Å². The van der Waals surface area contributed by atoms with E-state index in [4.69, 9.17) is 14.2 Å². The van der Waals surface area contributed by atoms with Gasteiger partial charge in [-0.05, 0) is 77.0 Å². The van der Waals surface area contributed by atoms with Crippen LogP contribution in [0, 0.1) is 0 Å². The number of unbranched alkanes of at least 4 members (excludes halogenated alkanes) is 40. The number of esters is 3. The zero-order valence-corrected chi connectivity index (χ0v) is 47.1. The third kappa shape index (κ3) is 56.5. The maximum Gasteiger partial charge on any atom is 0.306 e. The quantitative estimate of drug-likeness (QED) is 0.0261. The van der Waals surface area contributed by atoms with Crippen molar-refractivity contribution in [2.75, 3.05) is 13.2 Å². The van der Waals surface area contributed by atoms with Crippen molar-refractivity contribution < 1.29 is 28.6 Å². The number of carbonyl (C=O) groups is 3. The summed E-state index contributed by atoms with van der Waals surface area (Å²) in [5.74, 6) is -0.868. The first kappa shape index (κ1) is 67.6. The highest BCUT2D eigenvalue weighted by molar-refractivity contribution is 5.71. The highest BCUT2D eigenvalue weighted by Gasteiger charge is 2.19. The molecule has 0 rings (SSSR count). The lowest BCUT2D eigenvalue weighted by Crippen LogP contribution is -2.30. The molecule has 0 aromatic carbocycles. The molecule has 0 spiro atoms. The molecule has 0 bridgehead atoms. The van der Waals surface area contributed by atoms with Crippen LogP contribution in [0.3, 0.4) is 0 Å². The summed E-state index contributed by atoms with van der Waals surface area (Å²) in [5, 5.41) is 0. The lowest BCUT2D eigenvalue weighted by molar-refractivity contribution is -0.167. The third-order valence-electron chi connectivity index (χ3n) is 13.9. The highest BCUT2D eigenvalue weighted by atomic mass is 16.6. The van der Waals surface area contributed by atoms with E-state index in [0.29, 0.717) is 19.3 Å². The van der Waals surface area contributed by atoms with Crippen molar-refractivity contribution in [2.24, 2.45) is 0 Å². The lowest BCUT2D eigenvalue weighted by Gasteiger charge is -2.18. The number of carbonyl (C=O) groups excluding carboxylic acids is 3. The Balaban J connectivity index is 4.07. The van der Waals surface area contributed by atoms with E-state index in [-0.39, 0.29) is 31.1 Å². The number of ether oxygens (including phenoxy) is 3. The molecule has 1 atom stereocenters. The number of hydrogen-bond acceptors (Lipinski definition) is 6. The molecule has 6 heteroatoms. The minimum absolute atomic E-state index is 0.0708. The summed E-state index contributed by atoms with van der Waals surface area (Å²) in [5.41, 5.74) is 0. The summed E-state index contributed by atoms with van der Waals surface area (Å²) >= 11 is 0. The van der Waals surface area contributed by atoms with Gasteiger partial charge in [0.05, 0.1) is 0 Å². The molecule has 6 nitrogen and oxygen atoms in total. The van der Waals surface area contributed by atoms with Crippen molar-refractivity contribution >= 4 is 17.9 Å². The van der Waals surface area contributed by atoms with E-state index in [0.717, 1.165) is 64.2 Å². The van der Waals surface area contributed by atoms with E-state index in [1.54, 1.807) is 0 Å². The van der Waals surface area contributed by atoms with Gasteiger partial charge < -0.3 is 14.2 Å². The van der Waals surface area contributed by atoms with Crippen LogP contribution in [-0.4, -0.2) is 37.2 Å². The Bertz CT molecular complexity index is 1170. The van der Waals surface area contributed by atoms with Gasteiger partial charge in [-0.25, -0.2) is 0 Å². The standard InChI is InChI=1S/C64H118O6/c1-4-7-10-13-16-18-20-22-24-26-28-30-31-32-33-35-36-38-40-42-44-46-48-51-54-57-63(66)69-60-61(59-68-62(65)56-53-50-15-12-9-6-3)70-64(67)58-55-52-49-47-45-43-41-39-37-34-29-27-25-23-21-19-17-14-11-8-5-2/h21,23,26-29,61H,4-20,22,24-25,30-60H2,1-3H3/b23-21-,28-26-,29-27-. The molecule has 0 aliphatic rings. The average Bonchev–Trinajstić information content (AvgIpc) is 3.36. The summed E-state index contributed by atoms with van der Waals surface area (Å²) in [6.07, 6.45) is 71.8. The molecule has 0 fully saturated rings. The zero-order valence-electron chi connectivity index (χ0n) is 47.1. The topological polar surface area (TPSA) is 78.9 Å². The van der Waals surface area contributed by atoms with Crippen LogP contribution in [0.15, 0.2) is 36.5 Å². The Morgan fingerprint density at radius 3 is 0.800 bits per heavy atom. The summed E-state index contributed by atoms with van der Waals surface area (Å²) in [6.45, 7) is 6.61. The monoisotopic (exact) mass is 983 g/mol. The van der Waals surface area contributed by atoms with Crippen LogP contribution in [0.4, 0.5) is 0 Å². The van der Waals surface area contributed by atoms with Crippen molar-refractivity contribution in [3.05, 3.63) is 36.5 Å². The second kappa shape index (κ2) is 59.2. The Morgan fingerprint density at radius 1 is 0.286 bits per heavy atom. The molecule has 410 valence electrons. The van der Waals surface area contributed by atoms with Crippen LogP contribution in [0.5, 0.6) is 0 Å². The molecule has 0 heterocycles. The summed E-state index contributed by atoms with van der Waals surface area (Å²) in [6, 6.07) is 0. The highest BCUT2D eigenvalue weighted by Crippen LogP contribution is 2.17. The Labute approximate surface area is 435 Å². The second-order valence-corrected chi connectivity index (χ2v) is 21.0. The lowest BCUT2D eigenvalue weighted by atomic mass is 10.0. The fraction of sp³-hybridized carbons (Fsp3) is 0.859. The minimum Gasteiger partial charge on any atom is -0.462 e. The average molecular weight is 984 g/mol. The smallest absolute Gasteiger partial charge is 0.306 e. The second-order valence-electron chi connectivity index (χ2n) is 21.0. The minimum atomic E-state index is -0.770. The molecule has 0 N–H and O–H groups in total. The molecule has 0 amide bonds. The van der Waals surface area contributed by atoms with Gasteiger partial charge in [0.1, 0.15) is 13.2 Å². The van der Waals surface area contributed by atoms with Crippen molar-refractivity contribution in [3.63, 3.8) is 0 Å². The van der Waals surface area contributed by atoms with Crippen LogP contribution < -0.4 is 0 Å². The molecule has 0 aliphatic heterocycles. The summed E-state index contributed by atoms with van der Waals surface area (Å²) in [7, 11) is 0. The maximum atomic E-state index is 12.8. The van der Waals surface area contributed by atoms with Gasteiger partial charge in [-0.3, -0.25) is 14.4 Å². The van der Waals surface area contributed by atoms with Gasteiger partial charge in [-0.15, -0.1) is 0 Å². The molecule has 0 aromatic heterocycles. The van der Waals surface area contributed by atoms with Gasteiger partial charge in [-0.1, -0.05) is 276 Å². The van der Waals surface area contributed by atoms with Crippen LogP contribution in [0.25, 0.3) is 0 Å². The van der Waals surface area contributed by atoms with Gasteiger partial charge in [0.15, 0.2) is 6.10 Å². The first-order valence-electron chi connectivity index (χ1n) is 31.0. The van der Waals surface area contributed by atoms with E-state index in [9.17, 15) is 14.4 Å². The van der Waals surface area contributed by atoms with Crippen LogP contribution >= 0.6 is 0 Å². The zero-order chi connectivity index (χ0) is 50.7. The Kier molecular flexibility index (Phi) is 57.2.